The van der Waals surface area contributed by atoms with Gasteiger partial charge in [0.15, 0.2) is 0 Å². The van der Waals surface area contributed by atoms with Gasteiger partial charge in [0.2, 0.25) is 0 Å². The van der Waals surface area contributed by atoms with E-state index in [-0.39, 0.29) is 21.1 Å². The Morgan fingerprint density at radius 2 is 1.33 bits per heavy atom. The summed E-state index contributed by atoms with van der Waals surface area (Å²) in [6, 6.07) is 0. The van der Waals surface area contributed by atoms with Crippen molar-refractivity contribution in [2.75, 3.05) is 13.1 Å². The van der Waals surface area contributed by atoms with Gasteiger partial charge in [-0.25, -0.2) is 0 Å². The Hall–Kier alpha value is 0.719. The topological polar surface area (TPSA) is 23.5 Å². The minimum absolute atomic E-state index is 0.377. The average molecular weight is 402 g/mol. The van der Waals surface area contributed by atoms with Crippen LogP contribution >= 0.6 is 0 Å². The SMILES string of the molecule is CCCC[C](CCCC)(CCCC)[Sn][CH]1CCN(O)CC1. The molecular weight excluding hydrogens is 365 g/mol. The summed E-state index contributed by atoms with van der Waals surface area (Å²) in [4.78, 5) is 0. The van der Waals surface area contributed by atoms with Crippen LogP contribution in [-0.4, -0.2) is 44.5 Å². The molecule has 0 amide bonds. The summed E-state index contributed by atoms with van der Waals surface area (Å²) in [7, 11) is 0. The van der Waals surface area contributed by atoms with E-state index in [0.29, 0.717) is 0 Å². The summed E-state index contributed by atoms with van der Waals surface area (Å²) in [5.74, 6) is 0. The molecule has 0 aliphatic carbocycles. The molecule has 0 unspecified atom stereocenters. The van der Waals surface area contributed by atoms with Gasteiger partial charge < -0.3 is 0 Å². The summed E-state index contributed by atoms with van der Waals surface area (Å²) in [5, 5.41) is 11.1. The normalized spacial score (nSPS) is 18.3. The van der Waals surface area contributed by atoms with Crippen LogP contribution in [0.25, 0.3) is 0 Å². The van der Waals surface area contributed by atoms with Gasteiger partial charge in [0.05, 0.1) is 0 Å². The molecule has 1 rings (SSSR count). The minimum atomic E-state index is -0.377. The molecule has 0 atom stereocenters. The van der Waals surface area contributed by atoms with Crippen LogP contribution in [0.15, 0.2) is 0 Å². The molecule has 0 aromatic rings. The van der Waals surface area contributed by atoms with Crippen LogP contribution in [0.4, 0.5) is 0 Å². The van der Waals surface area contributed by atoms with Crippen molar-refractivity contribution in [1.29, 1.82) is 0 Å². The molecular formula is C18H37NOSn. The van der Waals surface area contributed by atoms with Gasteiger partial charge in [-0.05, 0) is 0 Å². The van der Waals surface area contributed by atoms with E-state index < -0.39 is 0 Å². The zero-order chi connectivity index (χ0) is 15.6. The maximum atomic E-state index is 9.60. The predicted octanol–water partition coefficient (Wildman–Crippen LogP) is 5.69. The van der Waals surface area contributed by atoms with E-state index in [2.05, 4.69) is 20.8 Å². The van der Waals surface area contributed by atoms with Crippen molar-refractivity contribution in [2.45, 2.75) is 98.8 Å². The molecule has 2 nitrogen and oxygen atoms in total. The van der Waals surface area contributed by atoms with E-state index in [9.17, 15) is 5.21 Å². The van der Waals surface area contributed by atoms with Crippen molar-refractivity contribution in [3.05, 3.63) is 0 Å². The van der Waals surface area contributed by atoms with Crippen molar-refractivity contribution in [1.82, 2.24) is 5.06 Å². The molecule has 1 aliphatic heterocycles. The molecule has 0 saturated carbocycles. The molecule has 1 heterocycles. The number of hydrogen-bond donors (Lipinski definition) is 1. The molecule has 0 spiro atoms. The Morgan fingerprint density at radius 1 is 0.905 bits per heavy atom. The van der Waals surface area contributed by atoms with Crippen molar-refractivity contribution in [2.24, 2.45) is 0 Å². The van der Waals surface area contributed by atoms with Crippen LogP contribution < -0.4 is 0 Å². The van der Waals surface area contributed by atoms with E-state index in [1.54, 1.807) is 5.06 Å². The second-order valence-electron chi connectivity index (χ2n) is 6.96. The molecule has 1 N–H and O–H groups in total. The van der Waals surface area contributed by atoms with Crippen LogP contribution in [0, 0.1) is 0 Å². The standard InChI is InChI=1S/C13H27.C5H10NO.Sn/c1-4-7-10-13(11-8-5-2)12-9-6-3;7-6-4-2-1-3-5-6;/h4-12H2,1-3H3;1,7H,2-5H2;. The second-order valence-corrected chi connectivity index (χ2v) is 13.1. The third kappa shape index (κ3) is 7.69. The fourth-order valence-electron chi connectivity index (χ4n) is 3.58. The van der Waals surface area contributed by atoms with Gasteiger partial charge in [-0.2, -0.15) is 0 Å². The predicted molar refractivity (Wildman–Crippen MR) is 93.4 cm³/mol. The molecule has 0 aromatic heterocycles. The number of nitrogens with zero attached hydrogens (tertiary/aromatic N) is 1. The van der Waals surface area contributed by atoms with Crippen LogP contribution in [0.3, 0.4) is 0 Å². The molecule has 1 saturated heterocycles. The number of piperidine rings is 1. The third-order valence-corrected chi connectivity index (χ3v) is 11.7. The van der Waals surface area contributed by atoms with Gasteiger partial charge >= 0.3 is 143 Å². The van der Waals surface area contributed by atoms with E-state index in [4.69, 9.17) is 0 Å². The van der Waals surface area contributed by atoms with Crippen LogP contribution in [0.1, 0.15) is 91.4 Å². The van der Waals surface area contributed by atoms with Gasteiger partial charge in [-0.15, -0.1) is 0 Å². The Balaban J connectivity index is 2.65. The summed E-state index contributed by atoms with van der Waals surface area (Å²) in [5.41, 5.74) is 0. The van der Waals surface area contributed by atoms with Crippen molar-refractivity contribution in [3.63, 3.8) is 0 Å². The van der Waals surface area contributed by atoms with Crippen LogP contribution in [0.5, 0.6) is 0 Å². The van der Waals surface area contributed by atoms with Crippen LogP contribution in [0.2, 0.25) is 7.36 Å². The van der Waals surface area contributed by atoms with Gasteiger partial charge in [0.1, 0.15) is 0 Å². The van der Waals surface area contributed by atoms with E-state index >= 15 is 0 Å². The van der Waals surface area contributed by atoms with Gasteiger partial charge in [-0.3, -0.25) is 0 Å². The second kappa shape index (κ2) is 11.3. The Morgan fingerprint density at radius 3 is 1.71 bits per heavy atom. The molecule has 21 heavy (non-hydrogen) atoms. The van der Waals surface area contributed by atoms with Crippen molar-refractivity contribution < 1.29 is 5.21 Å². The summed E-state index contributed by atoms with van der Waals surface area (Å²) in [6.07, 6.45) is 15.5. The summed E-state index contributed by atoms with van der Waals surface area (Å²) < 4.78 is 1.79. The fraction of sp³-hybridized carbons (Fsp3) is 1.00. The van der Waals surface area contributed by atoms with E-state index in [1.165, 1.54) is 70.6 Å². The zero-order valence-corrected chi connectivity index (χ0v) is 17.5. The molecule has 1 fully saturated rings. The first kappa shape index (κ1) is 19.8. The maximum absolute atomic E-state index is 9.60. The molecule has 124 valence electrons. The molecule has 1 aliphatic rings. The molecule has 2 radical (unpaired) electrons. The number of rotatable bonds is 11. The third-order valence-electron chi connectivity index (χ3n) is 5.01. The Bertz CT molecular complexity index is 230. The zero-order valence-electron chi connectivity index (χ0n) is 14.7. The number of hydroxylamine groups is 2. The first-order valence-corrected chi connectivity index (χ1v) is 12.4. The van der Waals surface area contributed by atoms with E-state index in [0.717, 1.165) is 20.5 Å². The monoisotopic (exact) mass is 403 g/mol. The number of unbranched alkanes of at least 4 members (excludes halogenated alkanes) is 3. The van der Waals surface area contributed by atoms with Crippen molar-refractivity contribution >= 4 is 21.1 Å². The number of hydrogen-bond acceptors (Lipinski definition) is 2. The van der Waals surface area contributed by atoms with Crippen LogP contribution in [-0.2, 0) is 0 Å². The molecule has 0 aromatic carbocycles. The molecule has 3 heteroatoms. The summed E-state index contributed by atoms with van der Waals surface area (Å²) in [6.45, 7) is 8.90. The molecule has 0 bridgehead atoms. The first-order chi connectivity index (χ1) is 10.2. The quantitative estimate of drug-likeness (QED) is 0.449. The Labute approximate surface area is 143 Å². The Kier molecular flexibility index (Phi) is 10.6. The van der Waals surface area contributed by atoms with Gasteiger partial charge in [-0.1, -0.05) is 0 Å². The summed E-state index contributed by atoms with van der Waals surface area (Å²) >= 11 is -0.377. The average Bonchev–Trinajstić information content (AvgIpc) is 2.51. The van der Waals surface area contributed by atoms with Gasteiger partial charge in [0.25, 0.3) is 0 Å². The van der Waals surface area contributed by atoms with Crippen molar-refractivity contribution in [3.8, 4) is 0 Å². The fourth-order valence-corrected chi connectivity index (χ4v) is 10.4. The van der Waals surface area contributed by atoms with Gasteiger partial charge in [0, 0.05) is 0 Å². The van der Waals surface area contributed by atoms with E-state index in [1.807, 2.05) is 0 Å². The first-order valence-electron chi connectivity index (χ1n) is 9.37.